The Morgan fingerprint density at radius 2 is 1.91 bits per heavy atom. The Labute approximate surface area is 191 Å². The van der Waals surface area contributed by atoms with E-state index >= 15 is 0 Å². The lowest BCUT2D eigenvalue weighted by Crippen LogP contribution is -2.57. The van der Waals surface area contributed by atoms with E-state index in [2.05, 4.69) is 33.8 Å². The number of carbonyl (C=O) groups is 1. The maximum Gasteiger partial charge on any atom is 0.274 e. The number of piperazine rings is 1. The van der Waals surface area contributed by atoms with Crippen LogP contribution < -0.4 is 0 Å². The first kappa shape index (κ1) is 21.9. The Morgan fingerprint density at radius 3 is 2.66 bits per heavy atom. The smallest absolute Gasteiger partial charge is 0.274 e. The monoisotopic (exact) mass is 439 g/mol. The molecular formula is C25H37N5O2. The summed E-state index contributed by atoms with van der Waals surface area (Å²) in [7, 11) is 0. The molecule has 0 radical (unpaired) electrons. The molecule has 1 aromatic heterocycles. The van der Waals surface area contributed by atoms with Crippen molar-refractivity contribution in [1.29, 1.82) is 0 Å². The molecule has 1 atom stereocenters. The van der Waals surface area contributed by atoms with Crippen molar-refractivity contribution in [2.45, 2.75) is 51.2 Å². The summed E-state index contributed by atoms with van der Waals surface area (Å²) >= 11 is 0. The minimum absolute atomic E-state index is 0.0333. The van der Waals surface area contributed by atoms with Crippen LogP contribution in [0.5, 0.6) is 0 Å². The van der Waals surface area contributed by atoms with Gasteiger partial charge in [-0.05, 0) is 37.7 Å². The SMILES string of the molecule is CC(C)CN1CCN([C@H]2CCOC3(CCN(C(=O)c4n[nH]c5ccccc45)CC3)C2)CC1. The average molecular weight is 440 g/mol. The highest BCUT2D eigenvalue weighted by Crippen LogP contribution is 2.37. The summed E-state index contributed by atoms with van der Waals surface area (Å²) in [4.78, 5) is 20.4. The van der Waals surface area contributed by atoms with Crippen molar-refractivity contribution in [3.63, 3.8) is 0 Å². The van der Waals surface area contributed by atoms with Crippen molar-refractivity contribution in [1.82, 2.24) is 24.9 Å². The van der Waals surface area contributed by atoms with Crippen molar-refractivity contribution < 1.29 is 9.53 Å². The number of benzene rings is 1. The zero-order valence-electron chi connectivity index (χ0n) is 19.6. The van der Waals surface area contributed by atoms with Crippen LogP contribution in [0.4, 0.5) is 0 Å². The maximum atomic E-state index is 13.2. The molecule has 1 aromatic carbocycles. The fraction of sp³-hybridized carbons (Fsp3) is 0.680. The third-order valence-corrected chi connectivity index (χ3v) is 7.65. The summed E-state index contributed by atoms with van der Waals surface area (Å²) < 4.78 is 6.39. The summed E-state index contributed by atoms with van der Waals surface area (Å²) in [5.74, 6) is 0.770. The number of hydrogen-bond acceptors (Lipinski definition) is 5. The van der Waals surface area contributed by atoms with E-state index in [1.54, 1.807) is 0 Å². The van der Waals surface area contributed by atoms with Gasteiger partial charge in [-0.3, -0.25) is 14.8 Å². The van der Waals surface area contributed by atoms with E-state index in [4.69, 9.17) is 4.74 Å². The van der Waals surface area contributed by atoms with E-state index in [1.165, 1.54) is 32.7 Å². The van der Waals surface area contributed by atoms with E-state index in [0.29, 0.717) is 11.7 Å². The molecule has 0 unspecified atom stereocenters. The van der Waals surface area contributed by atoms with Crippen LogP contribution in [0.15, 0.2) is 24.3 Å². The minimum atomic E-state index is -0.0671. The van der Waals surface area contributed by atoms with Crippen molar-refractivity contribution in [2.75, 3.05) is 52.4 Å². The third kappa shape index (κ3) is 4.43. The Balaban J connectivity index is 1.17. The van der Waals surface area contributed by atoms with Crippen LogP contribution in [-0.2, 0) is 4.74 Å². The fourth-order valence-electron chi connectivity index (χ4n) is 5.88. The van der Waals surface area contributed by atoms with E-state index in [1.807, 2.05) is 29.2 Å². The van der Waals surface area contributed by atoms with Gasteiger partial charge in [0.2, 0.25) is 0 Å². The predicted molar refractivity (Wildman–Crippen MR) is 126 cm³/mol. The summed E-state index contributed by atoms with van der Waals surface area (Å²) in [5.41, 5.74) is 1.39. The minimum Gasteiger partial charge on any atom is -0.375 e. The molecule has 3 saturated heterocycles. The van der Waals surface area contributed by atoms with E-state index in [0.717, 1.165) is 62.2 Å². The largest absolute Gasteiger partial charge is 0.375 e. The first-order valence-corrected chi connectivity index (χ1v) is 12.4. The lowest BCUT2D eigenvalue weighted by atomic mass is 9.81. The van der Waals surface area contributed by atoms with Gasteiger partial charge >= 0.3 is 0 Å². The molecule has 0 saturated carbocycles. The number of carbonyl (C=O) groups excluding carboxylic acids is 1. The molecule has 1 spiro atoms. The molecule has 3 fully saturated rings. The number of amides is 1. The summed E-state index contributed by atoms with van der Waals surface area (Å²) in [6.45, 7) is 12.9. The van der Waals surface area contributed by atoms with Crippen LogP contribution >= 0.6 is 0 Å². The number of hydrogen-bond donors (Lipinski definition) is 1. The number of nitrogens with zero attached hydrogens (tertiary/aromatic N) is 4. The van der Waals surface area contributed by atoms with Gasteiger partial charge in [-0.2, -0.15) is 5.10 Å². The van der Waals surface area contributed by atoms with Gasteiger partial charge in [0.15, 0.2) is 5.69 Å². The van der Waals surface area contributed by atoms with Crippen LogP contribution in [-0.4, -0.2) is 94.9 Å². The van der Waals surface area contributed by atoms with E-state index < -0.39 is 0 Å². The highest BCUT2D eigenvalue weighted by molar-refractivity contribution is 6.04. The highest BCUT2D eigenvalue weighted by Gasteiger charge is 2.43. The maximum absolute atomic E-state index is 13.2. The molecule has 0 bridgehead atoms. The lowest BCUT2D eigenvalue weighted by molar-refractivity contribution is -0.132. The fourth-order valence-corrected chi connectivity index (χ4v) is 5.88. The number of aromatic amines is 1. The molecule has 1 amide bonds. The summed E-state index contributed by atoms with van der Waals surface area (Å²) in [6, 6.07) is 8.46. The Hall–Kier alpha value is -1.96. The summed E-state index contributed by atoms with van der Waals surface area (Å²) in [5, 5.41) is 8.21. The number of nitrogens with one attached hydrogen (secondary N) is 1. The molecular weight excluding hydrogens is 402 g/mol. The number of para-hydroxylation sites is 1. The third-order valence-electron chi connectivity index (χ3n) is 7.65. The number of piperidine rings is 1. The molecule has 1 N–H and O–H groups in total. The van der Waals surface area contributed by atoms with Gasteiger partial charge in [-0.1, -0.05) is 32.0 Å². The lowest BCUT2D eigenvalue weighted by Gasteiger charge is -2.49. The van der Waals surface area contributed by atoms with Crippen LogP contribution in [0.2, 0.25) is 0 Å². The van der Waals surface area contributed by atoms with E-state index in [-0.39, 0.29) is 11.5 Å². The van der Waals surface area contributed by atoms with Crippen molar-refractivity contribution >= 4 is 16.8 Å². The predicted octanol–water partition coefficient (Wildman–Crippen LogP) is 2.99. The van der Waals surface area contributed by atoms with Gasteiger partial charge in [0.25, 0.3) is 5.91 Å². The van der Waals surface area contributed by atoms with Gasteiger partial charge in [-0.15, -0.1) is 0 Å². The first-order chi connectivity index (χ1) is 15.5. The topological polar surface area (TPSA) is 64.7 Å². The molecule has 3 aliphatic heterocycles. The zero-order valence-corrected chi connectivity index (χ0v) is 19.6. The van der Waals surface area contributed by atoms with Gasteiger partial charge in [0.05, 0.1) is 11.1 Å². The standard InChI is InChI=1S/C25H37N5O2/c1-19(2)18-28-12-14-29(15-13-28)20-7-16-32-25(17-20)8-10-30(11-9-25)24(31)23-21-5-3-4-6-22(21)26-27-23/h3-6,19-20H,7-18H2,1-2H3,(H,26,27)/t20-/m0/s1. The number of aromatic nitrogens is 2. The summed E-state index contributed by atoms with van der Waals surface area (Å²) in [6.07, 6.45) is 4.08. The van der Waals surface area contributed by atoms with E-state index in [9.17, 15) is 4.79 Å². The first-order valence-electron chi connectivity index (χ1n) is 12.4. The van der Waals surface area contributed by atoms with Crippen LogP contribution in [0.1, 0.15) is 50.0 Å². The molecule has 2 aromatic rings. The second-order valence-electron chi connectivity index (χ2n) is 10.3. The van der Waals surface area contributed by atoms with Crippen LogP contribution in [0.3, 0.4) is 0 Å². The molecule has 7 nitrogen and oxygen atoms in total. The molecule has 3 aliphatic rings. The van der Waals surface area contributed by atoms with Gasteiger partial charge < -0.3 is 14.5 Å². The Bertz CT molecular complexity index is 925. The van der Waals surface area contributed by atoms with Crippen molar-refractivity contribution in [3.8, 4) is 0 Å². The van der Waals surface area contributed by atoms with Crippen molar-refractivity contribution in [2.24, 2.45) is 5.92 Å². The van der Waals surface area contributed by atoms with Gasteiger partial charge in [-0.25, -0.2) is 0 Å². The second-order valence-corrected chi connectivity index (χ2v) is 10.3. The van der Waals surface area contributed by atoms with Gasteiger partial charge in [0, 0.05) is 63.8 Å². The molecule has 7 heteroatoms. The molecule has 5 rings (SSSR count). The van der Waals surface area contributed by atoms with Crippen molar-refractivity contribution in [3.05, 3.63) is 30.0 Å². The number of fused-ring (bicyclic) bond motifs is 1. The molecule has 0 aliphatic carbocycles. The van der Waals surface area contributed by atoms with Crippen LogP contribution in [0.25, 0.3) is 10.9 Å². The Kier molecular flexibility index (Phi) is 6.23. The highest BCUT2D eigenvalue weighted by atomic mass is 16.5. The average Bonchev–Trinajstić information content (AvgIpc) is 3.24. The quantitative estimate of drug-likeness (QED) is 0.794. The normalized spacial score (nSPS) is 25.1. The Morgan fingerprint density at radius 1 is 1.16 bits per heavy atom. The number of likely N-dealkylation sites (tertiary alicyclic amines) is 1. The number of ether oxygens (including phenoxy) is 1. The number of rotatable bonds is 4. The second kappa shape index (κ2) is 9.12. The number of H-pyrrole nitrogens is 1. The molecule has 4 heterocycles. The molecule has 174 valence electrons. The zero-order chi connectivity index (χ0) is 22.1. The van der Waals surface area contributed by atoms with Crippen LogP contribution in [0, 0.1) is 5.92 Å². The van der Waals surface area contributed by atoms with Gasteiger partial charge in [0.1, 0.15) is 0 Å². The molecule has 32 heavy (non-hydrogen) atoms.